The number of sulfonamides is 1. The highest BCUT2D eigenvalue weighted by Crippen LogP contribution is 2.39. The highest BCUT2D eigenvalue weighted by Gasteiger charge is 2.27. The number of hydrogen-bond donors (Lipinski definition) is 2. The average molecular weight is 377 g/mol. The van der Waals surface area contributed by atoms with Crippen molar-refractivity contribution in [3.8, 4) is 0 Å². The fourth-order valence-corrected chi connectivity index (χ4v) is 5.53. The van der Waals surface area contributed by atoms with E-state index in [1.165, 1.54) is 17.4 Å². The van der Waals surface area contributed by atoms with E-state index in [1.807, 2.05) is 30.3 Å². The summed E-state index contributed by atoms with van der Waals surface area (Å²) in [5, 5.41) is 1.43. The maximum Gasteiger partial charge on any atom is 0.255 e. The van der Waals surface area contributed by atoms with Gasteiger partial charge in [-0.3, -0.25) is 9.52 Å². The smallest absolute Gasteiger partial charge is 0.255 e. The molecule has 0 fully saturated rings. The summed E-state index contributed by atoms with van der Waals surface area (Å²) in [6.07, 6.45) is 4.10. The standard InChI is InChI=1S/C18H20N2O3S2/c1-12-7-8-14-15(11-12)24-18(16(14)17(19)21)20-25(22,23)10-9-13-5-3-2-4-6-13/h2-6,9-10,12,20H,7-8,11H2,1H3,(H2,19,21)/b10-9+/t12-/m0/s1. The molecule has 1 atom stereocenters. The molecule has 0 unspecified atom stereocenters. The highest BCUT2D eigenvalue weighted by atomic mass is 32.2. The summed E-state index contributed by atoms with van der Waals surface area (Å²) < 4.78 is 27.3. The van der Waals surface area contributed by atoms with Crippen LogP contribution >= 0.6 is 11.3 Å². The van der Waals surface area contributed by atoms with Crippen molar-refractivity contribution in [3.63, 3.8) is 0 Å². The van der Waals surface area contributed by atoms with Crippen LogP contribution in [-0.4, -0.2) is 14.3 Å². The lowest BCUT2D eigenvalue weighted by atomic mass is 9.88. The van der Waals surface area contributed by atoms with Gasteiger partial charge < -0.3 is 5.73 Å². The molecule has 1 aliphatic rings. The van der Waals surface area contributed by atoms with Gasteiger partial charge in [0.1, 0.15) is 5.00 Å². The molecule has 0 saturated carbocycles. The molecule has 0 radical (unpaired) electrons. The molecule has 1 aromatic carbocycles. The van der Waals surface area contributed by atoms with Gasteiger partial charge in [0.25, 0.3) is 15.9 Å². The van der Waals surface area contributed by atoms with E-state index in [1.54, 1.807) is 0 Å². The number of rotatable bonds is 5. The van der Waals surface area contributed by atoms with Crippen LogP contribution in [-0.2, 0) is 22.9 Å². The molecule has 132 valence electrons. The number of nitrogens with two attached hydrogens (primary N) is 1. The molecule has 0 aliphatic heterocycles. The molecule has 1 aromatic heterocycles. The zero-order valence-corrected chi connectivity index (χ0v) is 15.5. The first-order valence-electron chi connectivity index (χ1n) is 8.06. The molecule has 1 amide bonds. The third-order valence-electron chi connectivity index (χ3n) is 4.23. The van der Waals surface area contributed by atoms with Gasteiger partial charge in [0.15, 0.2) is 0 Å². The first-order valence-corrected chi connectivity index (χ1v) is 10.4. The van der Waals surface area contributed by atoms with E-state index in [9.17, 15) is 13.2 Å². The summed E-state index contributed by atoms with van der Waals surface area (Å²) in [5.41, 5.74) is 7.52. The van der Waals surface area contributed by atoms with Crippen LogP contribution < -0.4 is 10.5 Å². The number of nitrogens with one attached hydrogen (secondary N) is 1. The van der Waals surface area contributed by atoms with Gasteiger partial charge in [0, 0.05) is 4.88 Å². The van der Waals surface area contributed by atoms with Crippen LogP contribution in [0.25, 0.3) is 6.08 Å². The maximum absolute atomic E-state index is 12.4. The topological polar surface area (TPSA) is 89.3 Å². The second-order valence-electron chi connectivity index (χ2n) is 6.28. The molecule has 0 bridgehead atoms. The number of carbonyl (C=O) groups is 1. The van der Waals surface area contributed by atoms with E-state index in [2.05, 4.69) is 11.6 Å². The second-order valence-corrected chi connectivity index (χ2v) is 8.95. The number of fused-ring (bicyclic) bond motifs is 1. The van der Waals surface area contributed by atoms with Gasteiger partial charge in [0.2, 0.25) is 0 Å². The Labute approximate surface area is 151 Å². The van der Waals surface area contributed by atoms with E-state index in [0.29, 0.717) is 16.5 Å². The van der Waals surface area contributed by atoms with Crippen molar-refractivity contribution in [2.45, 2.75) is 26.2 Å². The minimum atomic E-state index is -3.73. The summed E-state index contributed by atoms with van der Waals surface area (Å²) >= 11 is 1.32. The van der Waals surface area contributed by atoms with Gasteiger partial charge in [-0.1, -0.05) is 37.3 Å². The molecular weight excluding hydrogens is 356 g/mol. The van der Waals surface area contributed by atoms with Gasteiger partial charge in [-0.25, -0.2) is 8.42 Å². The zero-order chi connectivity index (χ0) is 18.0. The van der Waals surface area contributed by atoms with E-state index in [0.717, 1.165) is 40.7 Å². The molecule has 0 spiro atoms. The first kappa shape index (κ1) is 17.7. The minimum absolute atomic E-state index is 0.323. The lowest BCUT2D eigenvalue weighted by Crippen LogP contribution is -2.18. The summed E-state index contributed by atoms with van der Waals surface area (Å²) in [6.45, 7) is 2.15. The fraction of sp³-hybridized carbons (Fsp3) is 0.278. The van der Waals surface area contributed by atoms with Crippen LogP contribution in [0.4, 0.5) is 5.00 Å². The number of anilines is 1. The Morgan fingerprint density at radius 2 is 2.04 bits per heavy atom. The predicted molar refractivity (Wildman–Crippen MR) is 102 cm³/mol. The van der Waals surface area contributed by atoms with Crippen molar-refractivity contribution in [1.82, 2.24) is 0 Å². The molecule has 3 rings (SSSR count). The van der Waals surface area contributed by atoms with E-state index in [4.69, 9.17) is 5.73 Å². The van der Waals surface area contributed by atoms with Gasteiger partial charge in [-0.2, -0.15) is 0 Å². The molecule has 1 heterocycles. The van der Waals surface area contributed by atoms with Gasteiger partial charge in [-0.05, 0) is 42.4 Å². The van der Waals surface area contributed by atoms with Gasteiger partial charge in [-0.15, -0.1) is 11.3 Å². The molecule has 3 N–H and O–H groups in total. The molecule has 7 heteroatoms. The molecular formula is C18H20N2O3S2. The molecule has 5 nitrogen and oxygen atoms in total. The highest BCUT2D eigenvalue weighted by molar-refractivity contribution is 7.95. The molecule has 1 aliphatic carbocycles. The number of amides is 1. The molecule has 0 saturated heterocycles. The number of carbonyl (C=O) groups excluding carboxylic acids is 1. The molecule has 25 heavy (non-hydrogen) atoms. The number of hydrogen-bond acceptors (Lipinski definition) is 4. The largest absolute Gasteiger partial charge is 0.365 e. The number of benzene rings is 1. The normalized spacial score (nSPS) is 17.4. The van der Waals surface area contributed by atoms with Crippen LogP contribution in [0.15, 0.2) is 35.7 Å². The summed E-state index contributed by atoms with van der Waals surface area (Å²) in [4.78, 5) is 12.9. The van der Waals surface area contributed by atoms with Crippen LogP contribution in [0.5, 0.6) is 0 Å². The van der Waals surface area contributed by atoms with Crippen molar-refractivity contribution in [1.29, 1.82) is 0 Å². The average Bonchev–Trinajstić information content (AvgIpc) is 2.90. The van der Waals surface area contributed by atoms with Crippen LogP contribution in [0, 0.1) is 5.92 Å². The van der Waals surface area contributed by atoms with E-state index in [-0.39, 0.29) is 0 Å². The zero-order valence-electron chi connectivity index (χ0n) is 13.9. The van der Waals surface area contributed by atoms with E-state index < -0.39 is 15.9 Å². The van der Waals surface area contributed by atoms with Crippen molar-refractivity contribution in [2.75, 3.05) is 4.72 Å². The molecule has 2 aromatic rings. The quantitative estimate of drug-likeness (QED) is 0.838. The second kappa shape index (κ2) is 7.01. The number of thiophene rings is 1. The Bertz CT molecular complexity index is 915. The Kier molecular flexibility index (Phi) is 4.96. The van der Waals surface area contributed by atoms with Crippen LogP contribution in [0.2, 0.25) is 0 Å². The Hall–Kier alpha value is -2.12. The number of primary amides is 1. The summed E-state index contributed by atoms with van der Waals surface area (Å²) in [5.74, 6) is -0.0638. The first-order chi connectivity index (χ1) is 11.9. The third kappa shape index (κ3) is 4.11. The van der Waals surface area contributed by atoms with Crippen LogP contribution in [0.3, 0.4) is 0 Å². The van der Waals surface area contributed by atoms with Crippen molar-refractivity contribution in [2.24, 2.45) is 11.7 Å². The monoisotopic (exact) mass is 376 g/mol. The summed E-state index contributed by atoms with van der Waals surface area (Å²) in [6, 6.07) is 9.15. The van der Waals surface area contributed by atoms with Crippen molar-refractivity contribution >= 4 is 38.3 Å². The SMILES string of the molecule is C[C@H]1CCc2c(sc(NS(=O)(=O)/C=C/c3ccccc3)c2C(N)=O)C1. The Morgan fingerprint density at radius 3 is 2.72 bits per heavy atom. The third-order valence-corrected chi connectivity index (χ3v) is 6.51. The van der Waals surface area contributed by atoms with E-state index >= 15 is 0 Å². The van der Waals surface area contributed by atoms with Gasteiger partial charge in [0.05, 0.1) is 11.0 Å². The van der Waals surface area contributed by atoms with Gasteiger partial charge >= 0.3 is 0 Å². The lowest BCUT2D eigenvalue weighted by molar-refractivity contribution is 0.100. The Balaban J connectivity index is 1.89. The van der Waals surface area contributed by atoms with Crippen molar-refractivity contribution < 1.29 is 13.2 Å². The lowest BCUT2D eigenvalue weighted by Gasteiger charge is -2.18. The summed E-state index contributed by atoms with van der Waals surface area (Å²) in [7, 11) is -3.73. The predicted octanol–water partition coefficient (Wildman–Crippen LogP) is 3.38. The maximum atomic E-state index is 12.4. The van der Waals surface area contributed by atoms with Crippen LogP contribution in [0.1, 0.15) is 39.7 Å². The van der Waals surface area contributed by atoms with Crippen molar-refractivity contribution in [3.05, 3.63) is 57.3 Å². The minimum Gasteiger partial charge on any atom is -0.365 e. The Morgan fingerprint density at radius 1 is 1.32 bits per heavy atom. The fourth-order valence-electron chi connectivity index (χ4n) is 2.98.